The maximum absolute atomic E-state index is 6.21. The minimum Gasteiger partial charge on any atom is -0.328 e. The summed E-state index contributed by atoms with van der Waals surface area (Å²) in [6, 6.07) is 0.642. The average molecular weight is 196 g/mol. The van der Waals surface area contributed by atoms with Crippen LogP contribution in [0.3, 0.4) is 0 Å². The lowest BCUT2D eigenvalue weighted by molar-refractivity contribution is -0.0317. The third-order valence-corrected chi connectivity index (χ3v) is 4.90. The maximum Gasteiger partial charge on any atom is 0.00702 e. The van der Waals surface area contributed by atoms with Gasteiger partial charge in [0.05, 0.1) is 0 Å². The molecule has 14 heavy (non-hydrogen) atoms. The van der Waals surface area contributed by atoms with Crippen molar-refractivity contribution < 1.29 is 0 Å². The van der Waals surface area contributed by atoms with Crippen LogP contribution < -0.4 is 11.5 Å². The zero-order valence-electron chi connectivity index (χ0n) is 9.50. The fourth-order valence-corrected chi connectivity index (χ4v) is 3.95. The van der Waals surface area contributed by atoms with Gasteiger partial charge < -0.3 is 11.5 Å². The van der Waals surface area contributed by atoms with E-state index < -0.39 is 0 Å². The highest BCUT2D eigenvalue weighted by molar-refractivity contribution is 5.03. The van der Waals surface area contributed by atoms with E-state index in [2.05, 4.69) is 13.8 Å². The van der Waals surface area contributed by atoms with Gasteiger partial charge in [0, 0.05) is 12.1 Å². The second kappa shape index (κ2) is 3.49. The Balaban J connectivity index is 2.24. The lowest BCUT2D eigenvalue weighted by Crippen LogP contribution is -2.56. The summed E-state index contributed by atoms with van der Waals surface area (Å²) >= 11 is 0. The molecule has 3 aliphatic carbocycles. The fourth-order valence-electron chi connectivity index (χ4n) is 3.95. The summed E-state index contributed by atoms with van der Waals surface area (Å²) in [6.45, 7) is 4.34. The van der Waals surface area contributed by atoms with Gasteiger partial charge in [-0.2, -0.15) is 0 Å². The Labute approximate surface area is 87.4 Å². The predicted octanol–water partition coefficient (Wildman–Crippen LogP) is 1.88. The van der Waals surface area contributed by atoms with Crippen LogP contribution in [0.2, 0.25) is 0 Å². The molecule has 0 spiro atoms. The second-order valence-electron chi connectivity index (χ2n) is 5.67. The number of fused-ring (bicyclic) bond motifs is 3. The zero-order chi connectivity index (χ0) is 10.3. The van der Waals surface area contributed by atoms with E-state index in [0.717, 1.165) is 5.92 Å². The number of hydrogen-bond donors (Lipinski definition) is 2. The van der Waals surface area contributed by atoms with Crippen LogP contribution in [0, 0.1) is 17.3 Å². The molecule has 2 heteroatoms. The molecule has 0 amide bonds. The molecule has 3 unspecified atom stereocenters. The Hall–Kier alpha value is -0.0800. The molecule has 3 fully saturated rings. The highest BCUT2D eigenvalue weighted by Gasteiger charge is 2.50. The van der Waals surface area contributed by atoms with Crippen molar-refractivity contribution in [2.75, 3.05) is 0 Å². The maximum atomic E-state index is 6.21. The summed E-state index contributed by atoms with van der Waals surface area (Å²) in [5, 5.41) is 0. The van der Waals surface area contributed by atoms with Crippen molar-refractivity contribution in [1.82, 2.24) is 0 Å². The average Bonchev–Trinajstić information content (AvgIpc) is 2.19. The van der Waals surface area contributed by atoms with Gasteiger partial charge in [-0.1, -0.05) is 0 Å². The standard InChI is InChI=1S/C12H24N2/c1-8(13)11-7-10-3-5-12(11,6-4-10)9(2)14/h8-11H,3-7,13-14H2,1-2H3. The summed E-state index contributed by atoms with van der Waals surface area (Å²) in [6.07, 6.45) is 6.76. The molecule has 82 valence electrons. The molecule has 0 radical (unpaired) electrons. The van der Waals surface area contributed by atoms with E-state index >= 15 is 0 Å². The summed E-state index contributed by atoms with van der Waals surface area (Å²) < 4.78 is 0. The van der Waals surface area contributed by atoms with Gasteiger partial charge in [-0.25, -0.2) is 0 Å². The lowest BCUT2D eigenvalue weighted by Gasteiger charge is -2.56. The number of nitrogens with two attached hydrogens (primary N) is 2. The molecule has 2 nitrogen and oxygen atoms in total. The monoisotopic (exact) mass is 196 g/mol. The Bertz CT molecular complexity index is 202. The van der Waals surface area contributed by atoms with Gasteiger partial charge in [0.15, 0.2) is 0 Å². The quantitative estimate of drug-likeness (QED) is 0.708. The van der Waals surface area contributed by atoms with Crippen molar-refractivity contribution in [1.29, 1.82) is 0 Å². The van der Waals surface area contributed by atoms with E-state index in [1.165, 1.54) is 32.1 Å². The van der Waals surface area contributed by atoms with Crippen LogP contribution in [-0.4, -0.2) is 12.1 Å². The zero-order valence-corrected chi connectivity index (χ0v) is 9.50. The van der Waals surface area contributed by atoms with Gasteiger partial charge in [0.25, 0.3) is 0 Å². The van der Waals surface area contributed by atoms with E-state index in [4.69, 9.17) is 11.5 Å². The first-order chi connectivity index (χ1) is 6.56. The van der Waals surface area contributed by atoms with Crippen LogP contribution in [-0.2, 0) is 0 Å². The minimum absolute atomic E-state index is 0.319. The van der Waals surface area contributed by atoms with Gasteiger partial charge in [0.1, 0.15) is 0 Å². The fraction of sp³-hybridized carbons (Fsp3) is 1.00. The van der Waals surface area contributed by atoms with Gasteiger partial charge in [-0.05, 0) is 63.2 Å². The van der Waals surface area contributed by atoms with Crippen LogP contribution in [0.4, 0.5) is 0 Å². The third-order valence-electron chi connectivity index (χ3n) is 4.90. The first-order valence-electron chi connectivity index (χ1n) is 6.07. The Morgan fingerprint density at radius 2 is 1.71 bits per heavy atom. The van der Waals surface area contributed by atoms with E-state index in [9.17, 15) is 0 Å². The molecule has 0 aliphatic heterocycles. The lowest BCUT2D eigenvalue weighted by atomic mass is 9.51. The summed E-state index contributed by atoms with van der Waals surface area (Å²) in [4.78, 5) is 0. The molecule has 0 aromatic heterocycles. The molecular weight excluding hydrogens is 172 g/mol. The smallest absolute Gasteiger partial charge is 0.00702 e. The number of rotatable bonds is 2. The van der Waals surface area contributed by atoms with Crippen LogP contribution >= 0.6 is 0 Å². The van der Waals surface area contributed by atoms with E-state index in [1.54, 1.807) is 0 Å². The molecule has 3 saturated carbocycles. The van der Waals surface area contributed by atoms with Crippen molar-refractivity contribution >= 4 is 0 Å². The molecule has 3 aliphatic rings. The van der Waals surface area contributed by atoms with Gasteiger partial charge in [-0.3, -0.25) is 0 Å². The minimum atomic E-state index is 0.319. The molecule has 4 N–H and O–H groups in total. The first kappa shape index (κ1) is 10.4. The van der Waals surface area contributed by atoms with Crippen molar-refractivity contribution in [3.8, 4) is 0 Å². The SMILES string of the molecule is CC(N)C1CC2CCC1(C(C)N)CC2. The van der Waals surface area contributed by atoms with Gasteiger partial charge in [-0.15, -0.1) is 0 Å². The highest BCUT2D eigenvalue weighted by Crippen LogP contribution is 2.55. The largest absolute Gasteiger partial charge is 0.328 e. The topological polar surface area (TPSA) is 52.0 Å². The van der Waals surface area contributed by atoms with Crippen LogP contribution in [0.1, 0.15) is 46.0 Å². The molecule has 0 aromatic rings. The van der Waals surface area contributed by atoms with Crippen LogP contribution in [0.15, 0.2) is 0 Å². The van der Waals surface area contributed by atoms with Crippen LogP contribution in [0.5, 0.6) is 0 Å². The van der Waals surface area contributed by atoms with E-state index in [1.807, 2.05) is 0 Å². The highest BCUT2D eigenvalue weighted by atomic mass is 14.8. The summed E-state index contributed by atoms with van der Waals surface area (Å²) in [5.74, 6) is 1.63. The van der Waals surface area contributed by atoms with Crippen molar-refractivity contribution in [2.24, 2.45) is 28.7 Å². The summed E-state index contributed by atoms with van der Waals surface area (Å²) in [5.41, 5.74) is 12.7. The van der Waals surface area contributed by atoms with Crippen molar-refractivity contribution in [2.45, 2.75) is 58.0 Å². The van der Waals surface area contributed by atoms with Crippen molar-refractivity contribution in [3.63, 3.8) is 0 Å². The van der Waals surface area contributed by atoms with E-state index in [0.29, 0.717) is 23.4 Å². The second-order valence-corrected chi connectivity index (χ2v) is 5.67. The summed E-state index contributed by atoms with van der Waals surface area (Å²) in [7, 11) is 0. The first-order valence-corrected chi connectivity index (χ1v) is 6.07. The number of hydrogen-bond acceptors (Lipinski definition) is 2. The molecule has 0 saturated heterocycles. The molecule has 2 bridgehead atoms. The Morgan fingerprint density at radius 3 is 2.07 bits per heavy atom. The molecule has 3 atom stereocenters. The third kappa shape index (κ3) is 1.40. The van der Waals surface area contributed by atoms with E-state index in [-0.39, 0.29) is 0 Å². The van der Waals surface area contributed by atoms with Gasteiger partial charge in [0.2, 0.25) is 0 Å². The predicted molar refractivity (Wildman–Crippen MR) is 59.8 cm³/mol. The molecule has 3 rings (SSSR count). The van der Waals surface area contributed by atoms with Gasteiger partial charge >= 0.3 is 0 Å². The normalized spacial score (nSPS) is 46.3. The van der Waals surface area contributed by atoms with Crippen molar-refractivity contribution in [3.05, 3.63) is 0 Å². The Morgan fingerprint density at radius 1 is 1.14 bits per heavy atom. The Kier molecular flexibility index (Phi) is 2.61. The molecule has 0 aromatic carbocycles. The molecule has 0 heterocycles. The van der Waals surface area contributed by atoms with Crippen LogP contribution in [0.25, 0.3) is 0 Å². The molecular formula is C12H24N2.